The third kappa shape index (κ3) is 3.17. The van der Waals surface area contributed by atoms with Crippen molar-refractivity contribution in [2.75, 3.05) is 18.0 Å². The molecule has 0 saturated carbocycles. The lowest BCUT2D eigenvalue weighted by molar-refractivity contribution is -0.385. The van der Waals surface area contributed by atoms with E-state index in [1.54, 1.807) is 25.1 Å². The van der Waals surface area contributed by atoms with Crippen molar-refractivity contribution in [2.24, 2.45) is 0 Å². The topological polar surface area (TPSA) is 46.4 Å². The van der Waals surface area contributed by atoms with Crippen LogP contribution in [0, 0.1) is 17.0 Å². The minimum Gasteiger partial charge on any atom is -0.364 e. The van der Waals surface area contributed by atoms with Crippen LogP contribution in [-0.2, 0) is 0 Å². The standard InChI is InChI=1S/C13H16N2O2/c1-4-8-14(9-5-2)12-6-7-13(15(16)17)11(3)10-12/h4-7,10H,1-2,8-9H2,3H3. The van der Waals surface area contributed by atoms with Crippen molar-refractivity contribution in [1.82, 2.24) is 0 Å². The van der Waals surface area contributed by atoms with Gasteiger partial charge in [0.05, 0.1) is 4.92 Å². The highest BCUT2D eigenvalue weighted by atomic mass is 16.6. The fourth-order valence-corrected chi connectivity index (χ4v) is 1.64. The molecule has 0 N–H and O–H groups in total. The number of nitro groups is 1. The summed E-state index contributed by atoms with van der Waals surface area (Å²) in [4.78, 5) is 12.4. The summed E-state index contributed by atoms with van der Waals surface area (Å²) in [5, 5.41) is 10.7. The molecule has 17 heavy (non-hydrogen) atoms. The van der Waals surface area contributed by atoms with Gasteiger partial charge < -0.3 is 4.90 Å². The number of aryl methyl sites for hydroxylation is 1. The van der Waals surface area contributed by atoms with Gasteiger partial charge in [-0.3, -0.25) is 10.1 Å². The van der Waals surface area contributed by atoms with E-state index in [1.807, 2.05) is 11.0 Å². The first kappa shape index (κ1) is 13.0. The Bertz CT molecular complexity index is 431. The molecule has 0 amide bonds. The number of rotatable bonds is 6. The monoisotopic (exact) mass is 232 g/mol. The van der Waals surface area contributed by atoms with Gasteiger partial charge in [-0.1, -0.05) is 12.2 Å². The summed E-state index contributed by atoms with van der Waals surface area (Å²) < 4.78 is 0. The Morgan fingerprint density at radius 1 is 1.35 bits per heavy atom. The number of benzene rings is 1. The fourth-order valence-electron chi connectivity index (χ4n) is 1.64. The van der Waals surface area contributed by atoms with Crippen molar-refractivity contribution in [2.45, 2.75) is 6.92 Å². The van der Waals surface area contributed by atoms with Gasteiger partial charge in [-0.15, -0.1) is 13.2 Å². The van der Waals surface area contributed by atoms with Crippen molar-refractivity contribution in [3.05, 3.63) is 59.2 Å². The Morgan fingerprint density at radius 3 is 2.35 bits per heavy atom. The molecule has 0 saturated heterocycles. The first-order valence-corrected chi connectivity index (χ1v) is 5.32. The lowest BCUT2D eigenvalue weighted by Crippen LogP contribution is -2.23. The van der Waals surface area contributed by atoms with E-state index in [1.165, 1.54) is 6.07 Å². The Hall–Kier alpha value is -2.10. The molecule has 4 heteroatoms. The van der Waals surface area contributed by atoms with Crippen LogP contribution in [0.1, 0.15) is 5.56 Å². The molecular weight excluding hydrogens is 216 g/mol. The predicted octanol–water partition coefficient (Wildman–Crippen LogP) is 3.08. The van der Waals surface area contributed by atoms with E-state index in [4.69, 9.17) is 0 Å². The van der Waals surface area contributed by atoms with Gasteiger partial charge in [-0.25, -0.2) is 0 Å². The molecule has 0 aliphatic carbocycles. The molecule has 1 rings (SSSR count). The first-order valence-electron chi connectivity index (χ1n) is 5.32. The lowest BCUT2D eigenvalue weighted by Gasteiger charge is -2.21. The zero-order valence-corrected chi connectivity index (χ0v) is 9.93. The van der Waals surface area contributed by atoms with Crippen molar-refractivity contribution < 1.29 is 4.92 Å². The molecule has 0 atom stereocenters. The molecule has 0 aliphatic rings. The molecule has 1 aromatic carbocycles. The summed E-state index contributed by atoms with van der Waals surface area (Å²) >= 11 is 0. The SMILES string of the molecule is C=CCN(CC=C)c1ccc([N+](=O)[O-])c(C)c1. The first-order chi connectivity index (χ1) is 8.10. The van der Waals surface area contributed by atoms with Crippen LogP contribution in [0.25, 0.3) is 0 Å². The third-order valence-electron chi connectivity index (χ3n) is 2.44. The van der Waals surface area contributed by atoms with Gasteiger partial charge in [0.1, 0.15) is 0 Å². The second kappa shape index (κ2) is 5.84. The molecule has 0 aromatic heterocycles. The minimum atomic E-state index is -0.371. The maximum Gasteiger partial charge on any atom is 0.272 e. The van der Waals surface area contributed by atoms with Crippen molar-refractivity contribution in [3.63, 3.8) is 0 Å². The van der Waals surface area contributed by atoms with E-state index in [2.05, 4.69) is 13.2 Å². The van der Waals surface area contributed by atoms with Gasteiger partial charge in [0.15, 0.2) is 0 Å². The summed E-state index contributed by atoms with van der Waals surface area (Å²) in [7, 11) is 0. The Kier molecular flexibility index (Phi) is 4.46. The molecule has 90 valence electrons. The van der Waals surface area contributed by atoms with E-state index in [0.717, 1.165) is 5.69 Å². The predicted molar refractivity (Wildman–Crippen MR) is 70.4 cm³/mol. The van der Waals surface area contributed by atoms with Crippen LogP contribution in [-0.4, -0.2) is 18.0 Å². The average Bonchev–Trinajstić information content (AvgIpc) is 2.28. The van der Waals surface area contributed by atoms with Crippen molar-refractivity contribution in [1.29, 1.82) is 0 Å². The van der Waals surface area contributed by atoms with Crippen LogP contribution in [0.15, 0.2) is 43.5 Å². The minimum absolute atomic E-state index is 0.144. The van der Waals surface area contributed by atoms with Gasteiger partial charge in [0.25, 0.3) is 5.69 Å². The summed E-state index contributed by atoms with van der Waals surface area (Å²) in [5.74, 6) is 0. The van der Waals surface area contributed by atoms with Crippen LogP contribution in [0.4, 0.5) is 11.4 Å². The van der Waals surface area contributed by atoms with E-state index in [-0.39, 0.29) is 10.6 Å². The van der Waals surface area contributed by atoms with Gasteiger partial charge in [-0.05, 0) is 19.1 Å². The number of nitro benzene ring substituents is 1. The van der Waals surface area contributed by atoms with Gasteiger partial charge in [0.2, 0.25) is 0 Å². The Labute approximate surface area is 101 Å². The van der Waals surface area contributed by atoms with Crippen molar-refractivity contribution in [3.8, 4) is 0 Å². The zero-order chi connectivity index (χ0) is 12.8. The molecule has 0 radical (unpaired) electrons. The van der Waals surface area contributed by atoms with Crippen LogP contribution in [0.3, 0.4) is 0 Å². The second-order valence-electron chi connectivity index (χ2n) is 3.71. The number of nitrogens with zero attached hydrogens (tertiary/aromatic N) is 2. The van der Waals surface area contributed by atoms with Crippen LogP contribution >= 0.6 is 0 Å². The van der Waals surface area contributed by atoms with Crippen LogP contribution in [0.5, 0.6) is 0 Å². The zero-order valence-electron chi connectivity index (χ0n) is 9.93. The maximum atomic E-state index is 10.7. The second-order valence-corrected chi connectivity index (χ2v) is 3.71. The number of hydrogen-bond acceptors (Lipinski definition) is 3. The quantitative estimate of drug-likeness (QED) is 0.430. The summed E-state index contributed by atoms with van der Waals surface area (Å²) in [6.07, 6.45) is 3.58. The molecule has 0 unspecified atom stereocenters. The van der Waals surface area contributed by atoms with E-state index < -0.39 is 0 Å². The van der Waals surface area contributed by atoms with Crippen LogP contribution in [0.2, 0.25) is 0 Å². The number of hydrogen-bond donors (Lipinski definition) is 0. The molecule has 4 nitrogen and oxygen atoms in total. The summed E-state index contributed by atoms with van der Waals surface area (Å²) in [6, 6.07) is 5.09. The average molecular weight is 232 g/mol. The van der Waals surface area contributed by atoms with Crippen LogP contribution < -0.4 is 4.90 Å². The molecule has 0 heterocycles. The van der Waals surface area contributed by atoms with Gasteiger partial charge in [0, 0.05) is 30.4 Å². The molecule has 0 bridgehead atoms. The molecule has 0 aliphatic heterocycles. The van der Waals surface area contributed by atoms with E-state index in [9.17, 15) is 10.1 Å². The molecule has 0 spiro atoms. The largest absolute Gasteiger partial charge is 0.364 e. The summed E-state index contributed by atoms with van der Waals surface area (Å²) in [5.41, 5.74) is 1.74. The van der Waals surface area contributed by atoms with Crippen molar-refractivity contribution >= 4 is 11.4 Å². The van der Waals surface area contributed by atoms with E-state index in [0.29, 0.717) is 18.7 Å². The molecule has 1 aromatic rings. The number of anilines is 1. The van der Waals surface area contributed by atoms with Gasteiger partial charge in [-0.2, -0.15) is 0 Å². The third-order valence-corrected chi connectivity index (χ3v) is 2.44. The Morgan fingerprint density at radius 2 is 1.94 bits per heavy atom. The molecule has 0 fully saturated rings. The lowest BCUT2D eigenvalue weighted by atomic mass is 10.1. The highest BCUT2D eigenvalue weighted by molar-refractivity contribution is 5.55. The smallest absolute Gasteiger partial charge is 0.272 e. The van der Waals surface area contributed by atoms with E-state index >= 15 is 0 Å². The maximum absolute atomic E-state index is 10.7. The highest BCUT2D eigenvalue weighted by Crippen LogP contribution is 2.24. The normalized spacial score (nSPS) is 9.71. The highest BCUT2D eigenvalue weighted by Gasteiger charge is 2.12. The summed E-state index contributed by atoms with van der Waals surface area (Å²) in [6.45, 7) is 10.5. The van der Waals surface area contributed by atoms with Gasteiger partial charge >= 0.3 is 0 Å². The Balaban J connectivity index is 3.04. The molecular formula is C13H16N2O2. The fraction of sp³-hybridized carbons (Fsp3) is 0.231.